The molecule has 0 aliphatic carbocycles. The van der Waals surface area contributed by atoms with Gasteiger partial charge in [0.05, 0.1) is 0 Å². The second-order valence-electron chi connectivity index (χ2n) is 4.13. The minimum Gasteiger partial charge on any atom is -0.370 e. The van der Waals surface area contributed by atoms with Gasteiger partial charge in [0.2, 0.25) is 0 Å². The van der Waals surface area contributed by atoms with Crippen molar-refractivity contribution in [1.29, 1.82) is 0 Å². The van der Waals surface area contributed by atoms with E-state index in [9.17, 15) is 8.42 Å². The average Bonchev–Trinajstić information content (AvgIpc) is 2.15. The van der Waals surface area contributed by atoms with Crippen LogP contribution in [0.25, 0.3) is 0 Å². The fourth-order valence-electron chi connectivity index (χ4n) is 1.54. The zero-order valence-electron chi connectivity index (χ0n) is 9.88. The summed E-state index contributed by atoms with van der Waals surface area (Å²) in [7, 11) is -3.11. The molecule has 0 radical (unpaired) electrons. The van der Waals surface area contributed by atoms with Crippen molar-refractivity contribution in [3.8, 4) is 0 Å². The fraction of sp³-hybridized carbons (Fsp3) is 0.889. The van der Waals surface area contributed by atoms with Gasteiger partial charge in [-0.2, -0.15) is 11.8 Å². The monoisotopic (exact) mass is 265 g/mol. The van der Waals surface area contributed by atoms with Crippen molar-refractivity contribution in [3.63, 3.8) is 0 Å². The third-order valence-corrected chi connectivity index (χ3v) is 4.91. The van der Waals surface area contributed by atoms with Crippen molar-refractivity contribution in [1.82, 2.24) is 4.90 Å². The van der Waals surface area contributed by atoms with E-state index in [-0.39, 0.29) is 6.04 Å². The molecule has 0 aromatic rings. The predicted octanol–water partition coefficient (Wildman–Crippen LogP) is 0.129. The molecule has 1 atom stereocenters. The zero-order valence-corrected chi connectivity index (χ0v) is 11.5. The Morgan fingerprint density at radius 3 is 2.69 bits per heavy atom. The van der Waals surface area contributed by atoms with Crippen molar-refractivity contribution >= 4 is 27.6 Å². The van der Waals surface area contributed by atoms with Crippen LogP contribution in [0, 0.1) is 0 Å². The number of rotatable bonds is 2. The second kappa shape index (κ2) is 5.27. The topological polar surface area (TPSA) is 75.8 Å². The standard InChI is InChI=1S/C9H19N3O2S2/c1-7(2)11-9(10)12-4-5-15-6-8(12)16(3,13)14/h7-8H,4-6H2,1-3H3,(H2,10,11). The quantitative estimate of drug-likeness (QED) is 0.567. The molecule has 1 aliphatic heterocycles. The highest BCUT2D eigenvalue weighted by Crippen LogP contribution is 2.20. The van der Waals surface area contributed by atoms with Gasteiger partial charge in [-0.1, -0.05) is 0 Å². The Kier molecular flexibility index (Phi) is 4.49. The molecule has 7 heteroatoms. The maximum Gasteiger partial charge on any atom is 0.192 e. The molecule has 1 aliphatic rings. The van der Waals surface area contributed by atoms with E-state index in [1.807, 2.05) is 13.8 Å². The van der Waals surface area contributed by atoms with Gasteiger partial charge in [-0.3, -0.25) is 4.99 Å². The molecule has 0 aromatic heterocycles. The van der Waals surface area contributed by atoms with Gasteiger partial charge in [-0.25, -0.2) is 8.42 Å². The molecule has 0 bridgehead atoms. The summed E-state index contributed by atoms with van der Waals surface area (Å²) < 4.78 is 23.2. The van der Waals surface area contributed by atoms with Crippen molar-refractivity contribution in [2.45, 2.75) is 25.3 Å². The van der Waals surface area contributed by atoms with Crippen LogP contribution in [0.2, 0.25) is 0 Å². The second-order valence-corrected chi connectivity index (χ2v) is 7.49. The highest BCUT2D eigenvalue weighted by Gasteiger charge is 2.32. The number of guanidine groups is 1. The molecule has 0 spiro atoms. The molecule has 1 fully saturated rings. The summed E-state index contributed by atoms with van der Waals surface area (Å²) in [4.78, 5) is 5.91. The van der Waals surface area contributed by atoms with Crippen LogP contribution in [0.1, 0.15) is 13.8 Å². The lowest BCUT2D eigenvalue weighted by atomic mass is 10.4. The largest absolute Gasteiger partial charge is 0.370 e. The first kappa shape index (κ1) is 13.6. The van der Waals surface area contributed by atoms with Gasteiger partial charge in [0.25, 0.3) is 0 Å². The molecule has 1 unspecified atom stereocenters. The predicted molar refractivity (Wildman–Crippen MR) is 69.4 cm³/mol. The van der Waals surface area contributed by atoms with Gasteiger partial charge in [-0.05, 0) is 13.8 Å². The molecule has 16 heavy (non-hydrogen) atoms. The van der Waals surface area contributed by atoms with Gasteiger partial charge >= 0.3 is 0 Å². The van der Waals surface area contributed by atoms with E-state index in [0.717, 1.165) is 5.75 Å². The molecule has 1 heterocycles. The van der Waals surface area contributed by atoms with E-state index in [1.54, 1.807) is 16.7 Å². The van der Waals surface area contributed by atoms with E-state index >= 15 is 0 Å². The van der Waals surface area contributed by atoms with Gasteiger partial charge in [0, 0.05) is 30.3 Å². The Labute approximate surface area is 101 Å². The Balaban J connectivity index is 2.91. The maximum absolute atomic E-state index is 11.6. The third-order valence-electron chi connectivity index (χ3n) is 2.26. The maximum atomic E-state index is 11.6. The number of nitrogens with two attached hydrogens (primary N) is 1. The number of sulfone groups is 1. The Bertz CT molecular complexity index is 365. The molecule has 0 saturated carbocycles. The van der Waals surface area contributed by atoms with Gasteiger partial charge in [0.1, 0.15) is 5.37 Å². The molecular weight excluding hydrogens is 246 g/mol. The Morgan fingerprint density at radius 1 is 1.56 bits per heavy atom. The molecule has 94 valence electrons. The van der Waals surface area contributed by atoms with Gasteiger partial charge < -0.3 is 10.6 Å². The average molecular weight is 265 g/mol. The molecule has 1 saturated heterocycles. The SMILES string of the molecule is CC(C)N=C(N)N1CCSCC1S(C)(=O)=O. The normalized spacial score (nSPS) is 23.9. The first-order valence-corrected chi connectivity index (χ1v) is 8.30. The molecule has 5 nitrogen and oxygen atoms in total. The van der Waals surface area contributed by atoms with Crippen LogP contribution >= 0.6 is 11.8 Å². The molecule has 1 rings (SSSR count). The van der Waals surface area contributed by atoms with E-state index in [1.165, 1.54) is 6.26 Å². The van der Waals surface area contributed by atoms with E-state index in [2.05, 4.69) is 4.99 Å². The summed E-state index contributed by atoms with van der Waals surface area (Å²) >= 11 is 1.64. The van der Waals surface area contributed by atoms with Crippen LogP contribution in [-0.2, 0) is 9.84 Å². The van der Waals surface area contributed by atoms with Crippen LogP contribution in [0.15, 0.2) is 4.99 Å². The lowest BCUT2D eigenvalue weighted by Gasteiger charge is -2.34. The number of nitrogens with zero attached hydrogens (tertiary/aromatic N) is 2. The van der Waals surface area contributed by atoms with Crippen molar-refractivity contribution in [2.75, 3.05) is 24.3 Å². The summed E-state index contributed by atoms with van der Waals surface area (Å²) in [5.74, 6) is 1.79. The van der Waals surface area contributed by atoms with Crippen molar-refractivity contribution in [3.05, 3.63) is 0 Å². The van der Waals surface area contributed by atoms with Crippen molar-refractivity contribution in [2.24, 2.45) is 10.7 Å². The van der Waals surface area contributed by atoms with E-state index < -0.39 is 15.2 Å². The zero-order chi connectivity index (χ0) is 12.3. The van der Waals surface area contributed by atoms with Crippen LogP contribution < -0.4 is 5.73 Å². The molecule has 0 amide bonds. The summed E-state index contributed by atoms with van der Waals surface area (Å²) in [6.45, 7) is 4.48. The van der Waals surface area contributed by atoms with Crippen LogP contribution in [0.3, 0.4) is 0 Å². The first-order valence-electron chi connectivity index (χ1n) is 5.19. The lowest BCUT2D eigenvalue weighted by molar-refractivity contribution is 0.403. The Hall–Kier alpha value is -0.430. The van der Waals surface area contributed by atoms with Crippen LogP contribution in [0.5, 0.6) is 0 Å². The summed E-state index contributed by atoms with van der Waals surface area (Å²) in [5, 5.41) is -0.534. The minimum atomic E-state index is -3.11. The smallest absolute Gasteiger partial charge is 0.192 e. The van der Waals surface area contributed by atoms with Crippen LogP contribution in [-0.4, -0.2) is 55.0 Å². The summed E-state index contributed by atoms with van der Waals surface area (Å²) in [6.07, 6.45) is 1.25. The van der Waals surface area contributed by atoms with Gasteiger partial charge in [-0.15, -0.1) is 0 Å². The number of aliphatic imine (C=N–C) groups is 1. The lowest BCUT2D eigenvalue weighted by Crippen LogP contribution is -2.52. The summed E-state index contributed by atoms with van der Waals surface area (Å²) in [6, 6.07) is 0.0785. The molecule has 2 N–H and O–H groups in total. The third kappa shape index (κ3) is 3.55. The van der Waals surface area contributed by atoms with E-state index in [4.69, 9.17) is 5.73 Å². The highest BCUT2D eigenvalue weighted by molar-refractivity contribution is 8.00. The van der Waals surface area contributed by atoms with Gasteiger partial charge in [0.15, 0.2) is 15.8 Å². The molecular formula is C9H19N3O2S2. The number of thioether (sulfide) groups is 1. The molecule has 0 aromatic carbocycles. The summed E-state index contributed by atoms with van der Waals surface area (Å²) in [5.41, 5.74) is 5.84. The van der Waals surface area contributed by atoms with E-state index in [0.29, 0.717) is 18.3 Å². The Morgan fingerprint density at radius 2 is 2.19 bits per heavy atom. The minimum absolute atomic E-state index is 0.0785. The van der Waals surface area contributed by atoms with Crippen molar-refractivity contribution < 1.29 is 8.42 Å². The number of hydrogen-bond acceptors (Lipinski definition) is 4. The highest BCUT2D eigenvalue weighted by atomic mass is 32.2. The fourth-order valence-corrected chi connectivity index (χ4v) is 4.36. The first-order chi connectivity index (χ1) is 7.32. The number of hydrogen-bond donors (Lipinski definition) is 1. The van der Waals surface area contributed by atoms with Crippen LogP contribution in [0.4, 0.5) is 0 Å².